The summed E-state index contributed by atoms with van der Waals surface area (Å²) < 4.78 is 0. The van der Waals surface area contributed by atoms with Gasteiger partial charge in [0.25, 0.3) is 0 Å². The molecular weight excluding hydrogens is 302 g/mol. The Labute approximate surface area is 143 Å². The van der Waals surface area contributed by atoms with Crippen LogP contribution in [0.3, 0.4) is 0 Å². The summed E-state index contributed by atoms with van der Waals surface area (Å²) in [7, 11) is 1.77. The maximum absolute atomic E-state index is 12.1. The average Bonchev–Trinajstić information content (AvgIpc) is 2.51. The van der Waals surface area contributed by atoms with Crippen LogP contribution >= 0.6 is 0 Å². The normalized spacial score (nSPS) is 10.3. The third-order valence-corrected chi connectivity index (χ3v) is 3.63. The second-order valence-corrected chi connectivity index (χ2v) is 5.98. The van der Waals surface area contributed by atoms with Crippen LogP contribution in [-0.2, 0) is 6.54 Å². The lowest BCUT2D eigenvalue weighted by molar-refractivity contribution is 0.207. The maximum Gasteiger partial charge on any atom is 0.317 e. The van der Waals surface area contributed by atoms with E-state index in [4.69, 9.17) is 0 Å². The van der Waals surface area contributed by atoms with Gasteiger partial charge in [0, 0.05) is 43.9 Å². The Balaban J connectivity index is 1.76. The minimum absolute atomic E-state index is 0.107. The van der Waals surface area contributed by atoms with Crippen LogP contribution in [0.4, 0.5) is 10.5 Å². The summed E-state index contributed by atoms with van der Waals surface area (Å²) in [4.78, 5) is 22.3. The molecular formula is C18H25N5O. The SMILES string of the molecule is Cc1cc(C)nc(CN(C)C(=O)NCCNc2ccncc2C)c1. The number of anilines is 1. The Morgan fingerprint density at radius 3 is 2.71 bits per heavy atom. The van der Waals surface area contributed by atoms with E-state index in [0.717, 1.165) is 28.2 Å². The van der Waals surface area contributed by atoms with Crippen molar-refractivity contribution in [1.82, 2.24) is 20.2 Å². The Kier molecular flexibility index (Phi) is 6.12. The van der Waals surface area contributed by atoms with E-state index in [-0.39, 0.29) is 6.03 Å². The van der Waals surface area contributed by atoms with E-state index in [0.29, 0.717) is 19.6 Å². The minimum atomic E-state index is -0.107. The van der Waals surface area contributed by atoms with Crippen LogP contribution in [0.5, 0.6) is 0 Å². The molecule has 0 bridgehead atoms. The van der Waals surface area contributed by atoms with Crippen LogP contribution in [0.2, 0.25) is 0 Å². The van der Waals surface area contributed by atoms with Crippen LogP contribution < -0.4 is 10.6 Å². The first-order chi connectivity index (χ1) is 11.5. The summed E-state index contributed by atoms with van der Waals surface area (Å²) in [5.41, 5.74) is 5.14. The smallest absolute Gasteiger partial charge is 0.317 e. The quantitative estimate of drug-likeness (QED) is 0.800. The summed E-state index contributed by atoms with van der Waals surface area (Å²) in [5.74, 6) is 0. The van der Waals surface area contributed by atoms with Crippen molar-refractivity contribution in [3.05, 3.63) is 53.1 Å². The van der Waals surface area contributed by atoms with Crippen molar-refractivity contribution >= 4 is 11.7 Å². The molecule has 0 aliphatic heterocycles. The van der Waals surface area contributed by atoms with Crippen molar-refractivity contribution in [3.8, 4) is 0 Å². The molecule has 2 aromatic rings. The zero-order valence-electron chi connectivity index (χ0n) is 14.8. The van der Waals surface area contributed by atoms with E-state index >= 15 is 0 Å². The number of carbonyl (C=O) groups is 1. The van der Waals surface area contributed by atoms with Gasteiger partial charge in [-0.1, -0.05) is 0 Å². The van der Waals surface area contributed by atoms with Gasteiger partial charge < -0.3 is 15.5 Å². The lowest BCUT2D eigenvalue weighted by Gasteiger charge is -2.18. The highest BCUT2D eigenvalue weighted by Crippen LogP contribution is 2.10. The molecule has 0 saturated carbocycles. The summed E-state index contributed by atoms with van der Waals surface area (Å²) in [6, 6.07) is 5.85. The first-order valence-electron chi connectivity index (χ1n) is 8.03. The fraction of sp³-hybridized carbons (Fsp3) is 0.389. The lowest BCUT2D eigenvalue weighted by atomic mass is 10.2. The van der Waals surface area contributed by atoms with Crippen molar-refractivity contribution < 1.29 is 4.79 Å². The molecule has 2 amide bonds. The zero-order valence-corrected chi connectivity index (χ0v) is 14.8. The number of hydrogen-bond donors (Lipinski definition) is 2. The predicted octanol–water partition coefficient (Wildman–Crippen LogP) is 2.66. The number of aromatic nitrogens is 2. The van der Waals surface area contributed by atoms with Gasteiger partial charge in [-0.25, -0.2) is 4.79 Å². The summed E-state index contributed by atoms with van der Waals surface area (Å²) in [5, 5.41) is 6.19. The van der Waals surface area contributed by atoms with Crippen molar-refractivity contribution in [1.29, 1.82) is 0 Å². The van der Waals surface area contributed by atoms with E-state index in [1.165, 1.54) is 0 Å². The van der Waals surface area contributed by atoms with Gasteiger partial charge in [0.1, 0.15) is 0 Å². The maximum atomic E-state index is 12.1. The van der Waals surface area contributed by atoms with E-state index in [1.54, 1.807) is 18.1 Å². The Morgan fingerprint density at radius 1 is 1.21 bits per heavy atom. The lowest BCUT2D eigenvalue weighted by Crippen LogP contribution is -2.39. The third kappa shape index (κ3) is 5.22. The summed E-state index contributed by atoms with van der Waals surface area (Å²) in [6.45, 7) is 7.69. The number of carbonyl (C=O) groups excluding carboxylic acids is 1. The monoisotopic (exact) mass is 327 g/mol. The van der Waals surface area contributed by atoms with E-state index < -0.39 is 0 Å². The Morgan fingerprint density at radius 2 is 2.00 bits per heavy atom. The molecule has 2 heterocycles. The summed E-state index contributed by atoms with van der Waals surface area (Å²) >= 11 is 0. The van der Waals surface area contributed by atoms with Crippen LogP contribution in [-0.4, -0.2) is 41.0 Å². The van der Waals surface area contributed by atoms with E-state index in [9.17, 15) is 4.79 Å². The summed E-state index contributed by atoms with van der Waals surface area (Å²) in [6.07, 6.45) is 3.56. The van der Waals surface area contributed by atoms with Crippen molar-refractivity contribution in [2.45, 2.75) is 27.3 Å². The van der Waals surface area contributed by atoms with E-state index in [1.807, 2.05) is 45.2 Å². The predicted molar refractivity (Wildman–Crippen MR) is 96.0 cm³/mol. The van der Waals surface area contributed by atoms with Crippen LogP contribution in [0.25, 0.3) is 0 Å². The van der Waals surface area contributed by atoms with Gasteiger partial charge >= 0.3 is 6.03 Å². The number of hydrogen-bond acceptors (Lipinski definition) is 4. The largest absolute Gasteiger partial charge is 0.383 e. The zero-order chi connectivity index (χ0) is 17.5. The molecule has 0 saturated heterocycles. The van der Waals surface area contributed by atoms with Gasteiger partial charge in [-0.15, -0.1) is 0 Å². The number of aryl methyl sites for hydroxylation is 3. The van der Waals surface area contributed by atoms with Gasteiger partial charge in [-0.05, 0) is 50.1 Å². The average molecular weight is 327 g/mol. The molecule has 0 radical (unpaired) electrons. The number of nitrogens with zero attached hydrogens (tertiary/aromatic N) is 3. The molecule has 0 aliphatic carbocycles. The minimum Gasteiger partial charge on any atom is -0.383 e. The number of pyridine rings is 2. The van der Waals surface area contributed by atoms with Gasteiger partial charge in [-0.3, -0.25) is 9.97 Å². The number of urea groups is 1. The van der Waals surface area contributed by atoms with E-state index in [2.05, 4.69) is 20.6 Å². The molecule has 6 nitrogen and oxygen atoms in total. The number of nitrogens with one attached hydrogen (secondary N) is 2. The molecule has 6 heteroatoms. The standard InChI is InChI=1S/C18H25N5O/c1-13-9-15(3)22-16(10-13)12-23(4)18(24)21-8-7-20-17-5-6-19-11-14(17)2/h5-6,9-11H,7-8,12H2,1-4H3,(H,19,20)(H,21,24). The van der Waals surface area contributed by atoms with Crippen LogP contribution in [0, 0.1) is 20.8 Å². The fourth-order valence-electron chi connectivity index (χ4n) is 2.49. The van der Waals surface area contributed by atoms with Gasteiger partial charge in [0.15, 0.2) is 0 Å². The van der Waals surface area contributed by atoms with Gasteiger partial charge in [-0.2, -0.15) is 0 Å². The van der Waals surface area contributed by atoms with Crippen molar-refractivity contribution in [3.63, 3.8) is 0 Å². The second kappa shape index (κ2) is 8.29. The molecule has 128 valence electrons. The molecule has 2 rings (SSSR count). The Hall–Kier alpha value is -2.63. The molecule has 0 aliphatic rings. The van der Waals surface area contributed by atoms with Crippen molar-refractivity contribution in [2.75, 3.05) is 25.5 Å². The van der Waals surface area contributed by atoms with Gasteiger partial charge in [0.2, 0.25) is 0 Å². The molecule has 24 heavy (non-hydrogen) atoms. The third-order valence-electron chi connectivity index (χ3n) is 3.63. The fourth-order valence-corrected chi connectivity index (χ4v) is 2.49. The molecule has 0 spiro atoms. The molecule has 2 aromatic heterocycles. The Bertz CT molecular complexity index is 681. The highest BCUT2D eigenvalue weighted by Gasteiger charge is 2.09. The number of rotatable bonds is 6. The topological polar surface area (TPSA) is 70.2 Å². The molecule has 0 aromatic carbocycles. The highest BCUT2D eigenvalue weighted by molar-refractivity contribution is 5.73. The van der Waals surface area contributed by atoms with Crippen LogP contribution in [0.15, 0.2) is 30.6 Å². The first kappa shape index (κ1) is 17.7. The molecule has 0 unspecified atom stereocenters. The van der Waals surface area contributed by atoms with Crippen molar-refractivity contribution in [2.24, 2.45) is 0 Å². The van der Waals surface area contributed by atoms with Crippen LogP contribution in [0.1, 0.15) is 22.5 Å². The molecule has 0 fully saturated rings. The molecule has 0 atom stereocenters. The molecule has 2 N–H and O–H groups in total. The second-order valence-electron chi connectivity index (χ2n) is 5.98. The highest BCUT2D eigenvalue weighted by atomic mass is 16.2. The number of amides is 2. The first-order valence-corrected chi connectivity index (χ1v) is 8.03. The van der Waals surface area contributed by atoms with Gasteiger partial charge in [0.05, 0.1) is 12.2 Å².